The van der Waals surface area contributed by atoms with Gasteiger partial charge in [-0.15, -0.1) is 0 Å². The molecule has 0 aliphatic carbocycles. The third-order valence-electron chi connectivity index (χ3n) is 7.23. The Hall–Kier alpha value is -3.41. The number of anilines is 1. The van der Waals surface area contributed by atoms with Crippen LogP contribution in [0.4, 0.5) is 5.82 Å². The Bertz CT molecular complexity index is 1170. The van der Waals surface area contributed by atoms with Gasteiger partial charge < -0.3 is 14.5 Å². The Kier molecular flexibility index (Phi) is 9.15. The second-order valence-corrected chi connectivity index (χ2v) is 9.97. The van der Waals surface area contributed by atoms with E-state index in [9.17, 15) is 4.79 Å². The van der Waals surface area contributed by atoms with E-state index in [-0.39, 0.29) is 5.91 Å². The zero-order chi connectivity index (χ0) is 26.2. The molecule has 0 N–H and O–H groups in total. The monoisotopic (exact) mass is 500 g/mol. The largest absolute Gasteiger partial charge is 0.497 e. The van der Waals surface area contributed by atoms with E-state index in [2.05, 4.69) is 48.0 Å². The molecule has 1 aromatic heterocycles. The number of aryl methyl sites for hydroxylation is 3. The first-order valence-electron chi connectivity index (χ1n) is 13.6. The average molecular weight is 501 g/mol. The Morgan fingerprint density at radius 2 is 1.54 bits per heavy atom. The summed E-state index contributed by atoms with van der Waals surface area (Å²) in [7, 11) is 1.68. The normalized spacial score (nSPS) is 13.6. The third-order valence-corrected chi connectivity index (χ3v) is 7.23. The lowest BCUT2D eigenvalue weighted by atomic mass is 10.0. The maximum atomic E-state index is 13.2. The van der Waals surface area contributed by atoms with E-state index in [1.807, 2.05) is 36.1 Å². The molecular weight excluding hydrogens is 460 g/mol. The van der Waals surface area contributed by atoms with E-state index in [1.165, 1.54) is 36.8 Å². The summed E-state index contributed by atoms with van der Waals surface area (Å²) in [4.78, 5) is 27.0. The van der Waals surface area contributed by atoms with Crippen LogP contribution >= 0.6 is 0 Å². The minimum Gasteiger partial charge on any atom is -0.497 e. The number of rotatable bonds is 10. The SMILES string of the molecule is CCCCCCc1ccc(C(=O)N2CCN(c3nc(C)nc(C)c3Cc3ccc(OC)cc3)CC2)cc1. The molecule has 6 nitrogen and oxygen atoms in total. The van der Waals surface area contributed by atoms with E-state index >= 15 is 0 Å². The molecule has 0 saturated carbocycles. The molecule has 4 rings (SSSR count). The molecule has 0 spiro atoms. The molecule has 2 aromatic carbocycles. The van der Waals surface area contributed by atoms with Crippen molar-refractivity contribution >= 4 is 11.7 Å². The van der Waals surface area contributed by atoms with E-state index < -0.39 is 0 Å². The van der Waals surface area contributed by atoms with Crippen molar-refractivity contribution in [2.45, 2.75) is 59.3 Å². The molecule has 1 amide bonds. The second kappa shape index (κ2) is 12.7. The van der Waals surface area contributed by atoms with Crippen molar-refractivity contribution in [3.63, 3.8) is 0 Å². The molecule has 1 fully saturated rings. The van der Waals surface area contributed by atoms with Crippen LogP contribution in [0.5, 0.6) is 5.75 Å². The van der Waals surface area contributed by atoms with Crippen LogP contribution in [0.15, 0.2) is 48.5 Å². The van der Waals surface area contributed by atoms with Crippen molar-refractivity contribution in [3.8, 4) is 5.75 Å². The molecule has 3 aromatic rings. The Labute approximate surface area is 221 Å². The number of nitrogens with zero attached hydrogens (tertiary/aromatic N) is 4. The van der Waals surface area contributed by atoms with Crippen molar-refractivity contribution in [3.05, 3.63) is 82.3 Å². The van der Waals surface area contributed by atoms with E-state index in [0.29, 0.717) is 13.1 Å². The number of benzene rings is 2. The van der Waals surface area contributed by atoms with Crippen LogP contribution in [0.2, 0.25) is 0 Å². The molecule has 0 atom stereocenters. The summed E-state index contributed by atoms with van der Waals surface area (Å²) in [5, 5.41) is 0. The van der Waals surface area contributed by atoms with Crippen molar-refractivity contribution < 1.29 is 9.53 Å². The summed E-state index contributed by atoms with van der Waals surface area (Å²) >= 11 is 0. The number of ether oxygens (including phenoxy) is 1. The Morgan fingerprint density at radius 1 is 0.865 bits per heavy atom. The molecular formula is C31H40N4O2. The van der Waals surface area contributed by atoms with Gasteiger partial charge in [-0.05, 0) is 62.1 Å². The third kappa shape index (κ3) is 6.88. The van der Waals surface area contributed by atoms with Gasteiger partial charge in [0, 0.05) is 49.4 Å². The van der Waals surface area contributed by atoms with Crippen LogP contribution in [0.1, 0.15) is 71.2 Å². The van der Waals surface area contributed by atoms with Gasteiger partial charge in [-0.2, -0.15) is 0 Å². The number of amides is 1. The summed E-state index contributed by atoms with van der Waals surface area (Å²) in [6.07, 6.45) is 6.88. The van der Waals surface area contributed by atoms with Crippen molar-refractivity contribution in [1.82, 2.24) is 14.9 Å². The maximum absolute atomic E-state index is 13.2. The van der Waals surface area contributed by atoms with Crippen LogP contribution in [-0.2, 0) is 12.8 Å². The predicted octanol–water partition coefficient (Wildman–Crippen LogP) is 5.78. The molecule has 0 radical (unpaired) electrons. The van der Waals surface area contributed by atoms with Gasteiger partial charge in [-0.1, -0.05) is 50.5 Å². The van der Waals surface area contributed by atoms with Gasteiger partial charge in [0.25, 0.3) is 5.91 Å². The van der Waals surface area contributed by atoms with Crippen LogP contribution in [0, 0.1) is 13.8 Å². The fourth-order valence-corrected chi connectivity index (χ4v) is 5.01. The molecule has 0 bridgehead atoms. The van der Waals surface area contributed by atoms with Crippen LogP contribution < -0.4 is 9.64 Å². The van der Waals surface area contributed by atoms with Gasteiger partial charge in [0.15, 0.2) is 0 Å². The van der Waals surface area contributed by atoms with E-state index in [1.54, 1.807) is 7.11 Å². The lowest BCUT2D eigenvalue weighted by Gasteiger charge is -2.36. The van der Waals surface area contributed by atoms with Crippen molar-refractivity contribution in [2.75, 3.05) is 38.2 Å². The summed E-state index contributed by atoms with van der Waals surface area (Å²) in [5.74, 6) is 2.73. The highest BCUT2D eigenvalue weighted by Crippen LogP contribution is 2.26. The highest BCUT2D eigenvalue weighted by atomic mass is 16.5. The molecule has 1 aliphatic heterocycles. The Morgan fingerprint density at radius 3 is 2.19 bits per heavy atom. The first-order chi connectivity index (χ1) is 18.0. The van der Waals surface area contributed by atoms with E-state index in [4.69, 9.17) is 9.72 Å². The van der Waals surface area contributed by atoms with Crippen molar-refractivity contribution in [1.29, 1.82) is 0 Å². The number of unbranched alkanes of at least 4 members (excludes halogenated alkanes) is 3. The Balaban J connectivity index is 1.40. The smallest absolute Gasteiger partial charge is 0.253 e. The lowest BCUT2D eigenvalue weighted by molar-refractivity contribution is 0.0746. The highest BCUT2D eigenvalue weighted by Gasteiger charge is 2.25. The number of methoxy groups -OCH3 is 1. The topological polar surface area (TPSA) is 58.6 Å². The molecule has 196 valence electrons. The molecule has 37 heavy (non-hydrogen) atoms. The zero-order valence-electron chi connectivity index (χ0n) is 22.8. The number of hydrogen-bond donors (Lipinski definition) is 0. The van der Waals surface area contributed by atoms with Crippen LogP contribution in [-0.4, -0.2) is 54.1 Å². The summed E-state index contributed by atoms with van der Waals surface area (Å²) < 4.78 is 5.30. The molecule has 0 unspecified atom stereocenters. The summed E-state index contributed by atoms with van der Waals surface area (Å²) in [6, 6.07) is 16.4. The quantitative estimate of drug-likeness (QED) is 0.330. The second-order valence-electron chi connectivity index (χ2n) is 9.97. The van der Waals surface area contributed by atoms with Gasteiger partial charge in [0.2, 0.25) is 0 Å². The zero-order valence-corrected chi connectivity index (χ0v) is 22.8. The van der Waals surface area contributed by atoms with Gasteiger partial charge in [0.1, 0.15) is 17.4 Å². The fraction of sp³-hybridized carbons (Fsp3) is 0.452. The molecule has 6 heteroatoms. The fourth-order valence-electron chi connectivity index (χ4n) is 5.01. The van der Waals surface area contributed by atoms with Gasteiger partial charge in [0.05, 0.1) is 7.11 Å². The minimum absolute atomic E-state index is 0.116. The highest BCUT2D eigenvalue weighted by molar-refractivity contribution is 5.94. The number of carbonyl (C=O) groups excluding carboxylic acids is 1. The standard InChI is InChI=1S/C31H40N4O2/c1-5-6-7-8-9-25-10-14-27(15-11-25)31(36)35-20-18-34(19-21-35)30-29(23(2)32-24(3)33-30)22-26-12-16-28(37-4)17-13-26/h10-17H,5-9,18-22H2,1-4H3. The van der Waals surface area contributed by atoms with Crippen LogP contribution in [0.25, 0.3) is 0 Å². The first kappa shape index (κ1) is 26.6. The maximum Gasteiger partial charge on any atom is 0.253 e. The molecule has 2 heterocycles. The lowest BCUT2D eigenvalue weighted by Crippen LogP contribution is -2.49. The summed E-state index contributed by atoms with van der Waals surface area (Å²) in [5.41, 5.74) is 5.44. The van der Waals surface area contributed by atoms with Crippen LogP contribution in [0.3, 0.4) is 0 Å². The van der Waals surface area contributed by atoms with Crippen molar-refractivity contribution in [2.24, 2.45) is 0 Å². The first-order valence-corrected chi connectivity index (χ1v) is 13.6. The summed E-state index contributed by atoms with van der Waals surface area (Å²) in [6.45, 7) is 9.12. The molecule has 1 aliphatic rings. The number of piperazine rings is 1. The van der Waals surface area contributed by atoms with Gasteiger partial charge in [-0.3, -0.25) is 4.79 Å². The average Bonchev–Trinajstić information content (AvgIpc) is 2.93. The number of aromatic nitrogens is 2. The van der Waals surface area contributed by atoms with Gasteiger partial charge >= 0.3 is 0 Å². The number of carbonyl (C=O) groups is 1. The minimum atomic E-state index is 0.116. The molecule has 1 saturated heterocycles. The van der Waals surface area contributed by atoms with E-state index in [0.717, 1.165) is 60.1 Å². The number of hydrogen-bond acceptors (Lipinski definition) is 5. The van der Waals surface area contributed by atoms with Gasteiger partial charge in [-0.25, -0.2) is 9.97 Å². The predicted molar refractivity (Wildman–Crippen MR) is 150 cm³/mol.